The first kappa shape index (κ1) is 29.1. The van der Waals surface area contributed by atoms with Crippen LogP contribution in [0.25, 0.3) is 0 Å². The minimum Gasteiger partial charge on any atom is -0.492 e. The highest BCUT2D eigenvalue weighted by molar-refractivity contribution is 7.92. The van der Waals surface area contributed by atoms with Crippen molar-refractivity contribution in [1.82, 2.24) is 9.62 Å². The van der Waals surface area contributed by atoms with E-state index in [0.717, 1.165) is 4.31 Å². The number of amides is 1. The van der Waals surface area contributed by atoms with Crippen LogP contribution in [0.4, 0.5) is 5.69 Å². The number of anilines is 1. The molecule has 1 amide bonds. The van der Waals surface area contributed by atoms with Crippen LogP contribution in [0.15, 0.2) is 82.6 Å². The van der Waals surface area contributed by atoms with E-state index >= 15 is 0 Å². The number of nitrogens with zero attached hydrogens (tertiary/aromatic N) is 2. The van der Waals surface area contributed by atoms with Crippen molar-refractivity contribution in [2.75, 3.05) is 50.3 Å². The average Bonchev–Trinajstić information content (AvgIpc) is 2.99. The predicted octanol–water partition coefficient (Wildman–Crippen LogP) is 2.51. The molecular formula is C27H28ClN3O8S2. The fourth-order valence-corrected chi connectivity index (χ4v) is 7.41. The molecule has 0 spiro atoms. The number of benzene rings is 3. The summed E-state index contributed by atoms with van der Waals surface area (Å²) in [4.78, 5) is 13.2. The SMILES string of the molecule is O=C(NCCOc1ccc(S(=O)(=O)N2CCOCC2)cc1)[C@@H]1CN(S(=O)(=O)c2ccc(Cl)cc2)c2ccccc2O1. The van der Waals surface area contributed by atoms with Gasteiger partial charge in [0.25, 0.3) is 15.9 Å². The molecule has 2 aliphatic rings. The molecule has 1 fully saturated rings. The Kier molecular flexibility index (Phi) is 8.71. The zero-order chi connectivity index (χ0) is 29.0. The predicted molar refractivity (Wildman–Crippen MR) is 151 cm³/mol. The highest BCUT2D eigenvalue weighted by Gasteiger charge is 2.37. The van der Waals surface area contributed by atoms with E-state index in [1.54, 1.807) is 36.4 Å². The normalized spacial score (nSPS) is 17.8. The van der Waals surface area contributed by atoms with Gasteiger partial charge in [-0.25, -0.2) is 16.8 Å². The Morgan fingerprint density at radius 2 is 1.54 bits per heavy atom. The highest BCUT2D eigenvalue weighted by Crippen LogP contribution is 2.37. The van der Waals surface area contributed by atoms with Gasteiger partial charge in [-0.3, -0.25) is 9.10 Å². The summed E-state index contributed by atoms with van der Waals surface area (Å²) >= 11 is 5.93. The number of sulfonamides is 2. The third kappa shape index (κ3) is 6.44. The largest absolute Gasteiger partial charge is 0.492 e. The van der Waals surface area contributed by atoms with Gasteiger partial charge in [0.1, 0.15) is 18.1 Å². The van der Waals surface area contributed by atoms with E-state index in [-0.39, 0.29) is 35.2 Å². The van der Waals surface area contributed by atoms with Crippen LogP contribution in [0, 0.1) is 0 Å². The molecule has 2 heterocycles. The van der Waals surface area contributed by atoms with Crippen molar-refractivity contribution in [1.29, 1.82) is 0 Å². The lowest BCUT2D eigenvalue weighted by Gasteiger charge is -2.34. The molecule has 3 aromatic rings. The Hall–Kier alpha value is -3.36. The molecule has 11 nitrogen and oxygen atoms in total. The van der Waals surface area contributed by atoms with Crippen molar-refractivity contribution in [3.63, 3.8) is 0 Å². The Morgan fingerprint density at radius 3 is 2.24 bits per heavy atom. The number of carbonyl (C=O) groups excluding carboxylic acids is 1. The first-order chi connectivity index (χ1) is 19.7. The lowest BCUT2D eigenvalue weighted by atomic mass is 10.2. The van der Waals surface area contributed by atoms with Crippen LogP contribution in [-0.2, 0) is 29.6 Å². The maximum atomic E-state index is 13.5. The van der Waals surface area contributed by atoms with Gasteiger partial charge >= 0.3 is 0 Å². The molecular weight excluding hydrogens is 594 g/mol. The molecule has 2 aliphatic heterocycles. The van der Waals surface area contributed by atoms with Crippen LogP contribution in [0.1, 0.15) is 0 Å². The van der Waals surface area contributed by atoms with Gasteiger partial charge in [0.05, 0.1) is 41.8 Å². The number of ether oxygens (including phenoxy) is 3. The summed E-state index contributed by atoms with van der Waals surface area (Å²) in [5, 5.41) is 3.11. The second-order valence-electron chi connectivity index (χ2n) is 9.19. The molecule has 0 saturated carbocycles. The average molecular weight is 622 g/mol. The molecule has 3 aromatic carbocycles. The molecule has 0 unspecified atom stereocenters. The van der Waals surface area contributed by atoms with Crippen molar-refractivity contribution in [2.24, 2.45) is 0 Å². The van der Waals surface area contributed by atoms with Crippen LogP contribution in [0.3, 0.4) is 0 Å². The number of halogens is 1. The summed E-state index contributed by atoms with van der Waals surface area (Å²) in [7, 11) is -7.61. The molecule has 1 atom stereocenters. The van der Waals surface area contributed by atoms with Crippen LogP contribution in [0.5, 0.6) is 11.5 Å². The van der Waals surface area contributed by atoms with Gasteiger partial charge in [-0.15, -0.1) is 0 Å². The number of fused-ring (bicyclic) bond motifs is 1. The summed E-state index contributed by atoms with van der Waals surface area (Å²) in [6, 6.07) is 18.4. The maximum absolute atomic E-state index is 13.5. The van der Waals surface area contributed by atoms with Gasteiger partial charge in [-0.2, -0.15) is 4.31 Å². The minimum atomic E-state index is -4.00. The molecule has 0 aliphatic carbocycles. The van der Waals surface area contributed by atoms with Gasteiger partial charge in [0.15, 0.2) is 6.10 Å². The summed E-state index contributed by atoms with van der Waals surface area (Å²) in [6.45, 7) is 1.31. The van der Waals surface area contributed by atoms with Crippen LogP contribution >= 0.6 is 11.6 Å². The lowest BCUT2D eigenvalue weighted by molar-refractivity contribution is -0.127. The number of para-hydroxylation sites is 2. The van der Waals surface area contributed by atoms with Gasteiger partial charge in [0.2, 0.25) is 10.0 Å². The van der Waals surface area contributed by atoms with Crippen molar-refractivity contribution in [3.8, 4) is 11.5 Å². The van der Waals surface area contributed by atoms with Crippen LogP contribution < -0.4 is 19.1 Å². The smallest absolute Gasteiger partial charge is 0.264 e. The van der Waals surface area contributed by atoms with Crippen molar-refractivity contribution in [3.05, 3.63) is 77.8 Å². The molecule has 5 rings (SSSR count). The number of hydrogen-bond acceptors (Lipinski definition) is 8. The van der Waals surface area contributed by atoms with E-state index in [1.807, 2.05) is 0 Å². The Labute approximate surface area is 243 Å². The van der Waals surface area contributed by atoms with Gasteiger partial charge in [-0.1, -0.05) is 23.7 Å². The summed E-state index contributed by atoms with van der Waals surface area (Å²) in [5.74, 6) is 0.189. The minimum absolute atomic E-state index is 0.0370. The van der Waals surface area contributed by atoms with Crippen LogP contribution in [-0.4, -0.2) is 79.2 Å². The number of nitrogens with one attached hydrogen (secondary N) is 1. The Balaban J connectivity index is 1.18. The molecule has 1 saturated heterocycles. The molecule has 0 bridgehead atoms. The number of hydrogen-bond donors (Lipinski definition) is 1. The van der Waals surface area contributed by atoms with E-state index in [4.69, 9.17) is 25.8 Å². The molecule has 0 aromatic heterocycles. The maximum Gasteiger partial charge on any atom is 0.264 e. The summed E-state index contributed by atoms with van der Waals surface area (Å²) in [5.41, 5.74) is 0.328. The third-order valence-corrected chi connectivity index (χ3v) is 10.5. The number of morpholine rings is 1. The summed E-state index contributed by atoms with van der Waals surface area (Å²) < 4.78 is 71.7. The van der Waals surface area contributed by atoms with E-state index in [9.17, 15) is 21.6 Å². The lowest BCUT2D eigenvalue weighted by Crippen LogP contribution is -2.51. The molecule has 1 N–H and O–H groups in total. The Morgan fingerprint density at radius 1 is 0.902 bits per heavy atom. The van der Waals surface area contributed by atoms with Crippen molar-refractivity contribution in [2.45, 2.75) is 15.9 Å². The second kappa shape index (κ2) is 12.2. The standard InChI is InChI=1S/C27H28ClN3O8S2/c28-20-5-9-23(10-6-20)41(35,36)31-19-26(39-25-4-2-1-3-24(25)31)27(32)29-13-16-38-21-7-11-22(12-8-21)40(33,34)30-14-17-37-18-15-30/h1-12,26H,13-19H2,(H,29,32)/t26-/m0/s1. The van der Waals surface area contributed by atoms with Crippen molar-refractivity contribution >= 4 is 43.2 Å². The first-order valence-electron chi connectivity index (χ1n) is 12.8. The van der Waals surface area contributed by atoms with E-state index in [0.29, 0.717) is 42.8 Å². The summed E-state index contributed by atoms with van der Waals surface area (Å²) in [6.07, 6.45) is -1.10. The molecule has 41 heavy (non-hydrogen) atoms. The number of carbonyl (C=O) groups is 1. The highest BCUT2D eigenvalue weighted by atomic mass is 35.5. The molecule has 14 heteroatoms. The van der Waals surface area contributed by atoms with Crippen molar-refractivity contribution < 1.29 is 35.8 Å². The zero-order valence-corrected chi connectivity index (χ0v) is 24.2. The van der Waals surface area contributed by atoms with E-state index < -0.39 is 32.1 Å². The third-order valence-electron chi connectivity index (χ3n) is 6.53. The van der Waals surface area contributed by atoms with E-state index in [2.05, 4.69) is 5.32 Å². The number of rotatable bonds is 9. The Bertz CT molecular complexity index is 1590. The molecule has 218 valence electrons. The topological polar surface area (TPSA) is 132 Å². The van der Waals surface area contributed by atoms with Crippen LogP contribution in [0.2, 0.25) is 5.02 Å². The van der Waals surface area contributed by atoms with Gasteiger partial charge in [-0.05, 0) is 60.7 Å². The quantitative estimate of drug-likeness (QED) is 0.361. The fraction of sp³-hybridized carbons (Fsp3) is 0.296. The second-order valence-corrected chi connectivity index (χ2v) is 13.4. The first-order valence-corrected chi connectivity index (χ1v) is 16.0. The molecule has 0 radical (unpaired) electrons. The van der Waals surface area contributed by atoms with E-state index in [1.165, 1.54) is 40.7 Å². The van der Waals surface area contributed by atoms with Gasteiger partial charge in [0, 0.05) is 18.1 Å². The van der Waals surface area contributed by atoms with Gasteiger partial charge < -0.3 is 19.5 Å². The monoisotopic (exact) mass is 621 g/mol. The fourth-order valence-electron chi connectivity index (χ4n) is 4.40. The zero-order valence-electron chi connectivity index (χ0n) is 21.8.